The van der Waals surface area contributed by atoms with Crippen LogP contribution in [0.1, 0.15) is 11.1 Å². The lowest BCUT2D eigenvalue weighted by Crippen LogP contribution is -2.55. The average Bonchev–Trinajstić information content (AvgIpc) is 3.46. The maximum absolute atomic E-state index is 12.8. The lowest BCUT2D eigenvalue weighted by Gasteiger charge is -2.21. The second-order valence-corrected chi connectivity index (χ2v) is 8.74. The molecule has 0 fully saturated rings. The molecule has 0 radical (unpaired) electrons. The number of aromatic amines is 2. The third-order valence-electron chi connectivity index (χ3n) is 5.98. The van der Waals surface area contributed by atoms with Gasteiger partial charge in [0.2, 0.25) is 11.8 Å². The Kier molecular flexibility index (Phi) is 7.42. The number of aromatic nitrogens is 2. The van der Waals surface area contributed by atoms with E-state index in [2.05, 4.69) is 33.2 Å². The summed E-state index contributed by atoms with van der Waals surface area (Å²) in [6.45, 7) is 0. The van der Waals surface area contributed by atoms with Crippen LogP contribution in [-0.4, -0.2) is 56.7 Å². The maximum Gasteiger partial charge on any atom is 0.326 e. The Morgan fingerprint density at radius 3 is 1.89 bits per heavy atom. The molecule has 0 bridgehead atoms. The zero-order chi connectivity index (χ0) is 24.9. The number of H-pyrrole nitrogens is 2. The van der Waals surface area contributed by atoms with Crippen molar-refractivity contribution in [3.63, 3.8) is 0 Å². The van der Waals surface area contributed by atoms with Gasteiger partial charge in [-0.2, -0.15) is 12.6 Å². The number of nitrogens with two attached hydrogens (primary N) is 1. The van der Waals surface area contributed by atoms with Crippen molar-refractivity contribution in [1.29, 1.82) is 0 Å². The molecular formula is C25H27N5O4S. The van der Waals surface area contributed by atoms with Gasteiger partial charge in [-0.05, 0) is 29.7 Å². The van der Waals surface area contributed by atoms with Gasteiger partial charge in [0.1, 0.15) is 12.1 Å². The van der Waals surface area contributed by atoms with Crippen LogP contribution in [0, 0.1) is 0 Å². The predicted octanol–water partition coefficient (Wildman–Crippen LogP) is 1.75. The largest absolute Gasteiger partial charge is 0.480 e. The Morgan fingerprint density at radius 1 is 0.829 bits per heavy atom. The number of carboxylic acids is 1. The third-order valence-corrected chi connectivity index (χ3v) is 6.35. The van der Waals surface area contributed by atoms with Crippen LogP contribution in [0.2, 0.25) is 0 Å². The molecule has 3 atom stereocenters. The molecule has 0 saturated carbocycles. The first-order valence-electron chi connectivity index (χ1n) is 11.2. The van der Waals surface area contributed by atoms with E-state index in [4.69, 9.17) is 5.73 Å². The second-order valence-electron chi connectivity index (χ2n) is 8.38. The minimum atomic E-state index is -1.18. The van der Waals surface area contributed by atoms with Crippen LogP contribution < -0.4 is 16.4 Å². The highest BCUT2D eigenvalue weighted by Gasteiger charge is 2.28. The summed E-state index contributed by atoms with van der Waals surface area (Å²) in [7, 11) is 0. The number of carboxylic acid groups (broad SMARTS) is 1. The Morgan fingerprint density at radius 2 is 1.34 bits per heavy atom. The number of thiol groups is 1. The van der Waals surface area contributed by atoms with Crippen LogP contribution in [0.25, 0.3) is 21.8 Å². The highest BCUT2D eigenvalue weighted by molar-refractivity contribution is 7.80. The number of fused-ring (bicyclic) bond motifs is 2. The molecule has 0 aliphatic carbocycles. The molecule has 4 aromatic rings. The molecule has 4 rings (SSSR count). The van der Waals surface area contributed by atoms with E-state index >= 15 is 0 Å². The van der Waals surface area contributed by atoms with Gasteiger partial charge in [-0.15, -0.1) is 0 Å². The number of nitrogens with one attached hydrogen (secondary N) is 4. The number of carbonyl (C=O) groups excluding carboxylic acids is 2. The third kappa shape index (κ3) is 5.50. The number of carbonyl (C=O) groups is 3. The first-order chi connectivity index (χ1) is 16.9. The van der Waals surface area contributed by atoms with E-state index in [0.717, 1.165) is 32.9 Å². The first kappa shape index (κ1) is 24.4. The fraction of sp³-hybridized carbons (Fsp3) is 0.240. The van der Waals surface area contributed by atoms with Crippen molar-refractivity contribution in [1.82, 2.24) is 20.6 Å². The number of benzene rings is 2. The summed E-state index contributed by atoms with van der Waals surface area (Å²) < 4.78 is 0. The van der Waals surface area contributed by atoms with Gasteiger partial charge in [0.25, 0.3) is 0 Å². The molecule has 0 aliphatic rings. The number of para-hydroxylation sites is 2. The molecule has 10 heteroatoms. The van der Waals surface area contributed by atoms with Gasteiger partial charge in [0.15, 0.2) is 0 Å². The van der Waals surface area contributed by atoms with Crippen molar-refractivity contribution >= 4 is 52.2 Å². The minimum absolute atomic E-state index is 0.0171. The molecular weight excluding hydrogens is 466 g/mol. The van der Waals surface area contributed by atoms with E-state index in [-0.39, 0.29) is 18.6 Å². The van der Waals surface area contributed by atoms with Gasteiger partial charge in [-0.1, -0.05) is 36.4 Å². The van der Waals surface area contributed by atoms with Crippen LogP contribution in [-0.2, 0) is 27.2 Å². The zero-order valence-corrected chi connectivity index (χ0v) is 19.7. The highest BCUT2D eigenvalue weighted by atomic mass is 32.1. The number of rotatable bonds is 10. The quantitative estimate of drug-likeness (QED) is 0.168. The van der Waals surface area contributed by atoms with Gasteiger partial charge in [0, 0.05) is 46.4 Å². The molecule has 7 N–H and O–H groups in total. The lowest BCUT2D eigenvalue weighted by molar-refractivity contribution is -0.142. The summed E-state index contributed by atoms with van der Waals surface area (Å²) in [6, 6.07) is 12.1. The monoisotopic (exact) mass is 493 g/mol. The van der Waals surface area contributed by atoms with Crippen molar-refractivity contribution in [2.24, 2.45) is 5.73 Å². The van der Waals surface area contributed by atoms with Crippen LogP contribution in [0.3, 0.4) is 0 Å². The van der Waals surface area contributed by atoms with Crippen molar-refractivity contribution in [3.05, 3.63) is 72.1 Å². The second kappa shape index (κ2) is 10.7. The Bertz CT molecular complexity index is 1360. The summed E-state index contributed by atoms with van der Waals surface area (Å²) in [5.41, 5.74) is 9.59. The number of aliphatic carboxylic acids is 1. The Labute approximate surface area is 206 Å². The summed E-state index contributed by atoms with van der Waals surface area (Å²) in [4.78, 5) is 43.7. The molecule has 0 aliphatic heterocycles. The molecule has 182 valence electrons. The molecule has 2 amide bonds. The summed E-state index contributed by atoms with van der Waals surface area (Å²) in [6.07, 6.45) is 3.89. The van der Waals surface area contributed by atoms with Crippen LogP contribution in [0.15, 0.2) is 60.9 Å². The van der Waals surface area contributed by atoms with Crippen molar-refractivity contribution in [3.8, 4) is 0 Å². The van der Waals surface area contributed by atoms with Gasteiger partial charge >= 0.3 is 5.97 Å². The normalized spacial score (nSPS) is 13.9. The van der Waals surface area contributed by atoms with Gasteiger partial charge in [-0.3, -0.25) is 9.59 Å². The molecule has 0 spiro atoms. The van der Waals surface area contributed by atoms with Crippen LogP contribution in [0.4, 0.5) is 0 Å². The van der Waals surface area contributed by atoms with Gasteiger partial charge in [0.05, 0.1) is 6.04 Å². The summed E-state index contributed by atoms with van der Waals surface area (Å²) in [5.74, 6) is -2.35. The van der Waals surface area contributed by atoms with Crippen molar-refractivity contribution < 1.29 is 19.5 Å². The molecule has 0 saturated heterocycles. The number of hydrogen-bond acceptors (Lipinski definition) is 5. The fourth-order valence-electron chi connectivity index (χ4n) is 4.10. The molecule has 2 aromatic carbocycles. The number of hydrogen-bond donors (Lipinski definition) is 7. The van der Waals surface area contributed by atoms with Gasteiger partial charge in [-0.25, -0.2) is 4.79 Å². The topological polar surface area (TPSA) is 153 Å². The predicted molar refractivity (Wildman–Crippen MR) is 137 cm³/mol. The van der Waals surface area contributed by atoms with E-state index in [1.807, 2.05) is 54.7 Å². The lowest BCUT2D eigenvalue weighted by atomic mass is 10.0. The minimum Gasteiger partial charge on any atom is -0.480 e. The summed E-state index contributed by atoms with van der Waals surface area (Å²) in [5, 5.41) is 16.7. The molecule has 2 aromatic heterocycles. The molecule has 35 heavy (non-hydrogen) atoms. The van der Waals surface area contributed by atoms with Crippen LogP contribution in [0.5, 0.6) is 0 Å². The Hall–Kier alpha value is -3.76. The first-order valence-corrected chi connectivity index (χ1v) is 11.8. The van der Waals surface area contributed by atoms with Crippen molar-refractivity contribution in [2.45, 2.75) is 31.0 Å². The average molecular weight is 494 g/mol. The van der Waals surface area contributed by atoms with Crippen LogP contribution >= 0.6 is 12.6 Å². The van der Waals surface area contributed by atoms with E-state index in [1.165, 1.54) is 0 Å². The van der Waals surface area contributed by atoms with E-state index in [0.29, 0.717) is 0 Å². The van der Waals surface area contributed by atoms with Crippen molar-refractivity contribution in [2.75, 3.05) is 5.75 Å². The fourth-order valence-corrected chi connectivity index (χ4v) is 4.35. The van der Waals surface area contributed by atoms with E-state index < -0.39 is 35.9 Å². The van der Waals surface area contributed by atoms with E-state index in [9.17, 15) is 19.5 Å². The highest BCUT2D eigenvalue weighted by Crippen LogP contribution is 2.20. The van der Waals surface area contributed by atoms with E-state index in [1.54, 1.807) is 6.20 Å². The maximum atomic E-state index is 12.8. The summed E-state index contributed by atoms with van der Waals surface area (Å²) >= 11 is 4.17. The zero-order valence-electron chi connectivity index (χ0n) is 18.8. The Balaban J connectivity index is 1.39. The SMILES string of the molecule is N[C@@H](Cc1c[nH]c2ccccc12)C(=O)N[C@@H](CS)C(=O)N[C@@H](Cc1c[nH]c2ccccc12)C(=O)O. The molecule has 0 unspecified atom stereocenters. The molecule has 9 nitrogen and oxygen atoms in total. The smallest absolute Gasteiger partial charge is 0.326 e. The number of amides is 2. The molecule has 2 heterocycles. The standard InChI is InChI=1S/C25H27N5O4S/c26-18(9-14-11-27-19-7-3-1-5-16(14)19)23(31)30-22(13-35)24(32)29-21(25(33)34)10-15-12-28-20-8-4-2-6-17(15)20/h1-8,11-12,18,21-22,27-28,35H,9-10,13,26H2,(H,29,32)(H,30,31)(H,33,34)/t18-,21-,22-/m0/s1. The van der Waals surface area contributed by atoms with Gasteiger partial charge < -0.3 is 31.4 Å².